The summed E-state index contributed by atoms with van der Waals surface area (Å²) in [7, 11) is 1.34. The fraction of sp³-hybridized carbons (Fsp3) is 0.154. The van der Waals surface area contributed by atoms with Crippen molar-refractivity contribution in [2.75, 3.05) is 7.11 Å². The zero-order valence-corrected chi connectivity index (χ0v) is 9.01. The molecule has 0 aliphatic rings. The van der Waals surface area contributed by atoms with E-state index in [0.29, 0.717) is 0 Å². The van der Waals surface area contributed by atoms with Crippen LogP contribution in [0.1, 0.15) is 11.6 Å². The number of carbonyl (C=O) groups excluding carboxylic acids is 1. The Bertz CT molecular complexity index is 517. The molecule has 0 aliphatic heterocycles. The average molecular weight is 215 g/mol. The topological polar surface area (TPSA) is 52.3 Å². The van der Waals surface area contributed by atoms with Crippen molar-refractivity contribution in [3.63, 3.8) is 0 Å². The molecule has 2 N–H and O–H groups in total. The van der Waals surface area contributed by atoms with Gasteiger partial charge in [0.25, 0.3) is 0 Å². The van der Waals surface area contributed by atoms with Gasteiger partial charge in [0.1, 0.15) is 6.04 Å². The first-order valence-electron chi connectivity index (χ1n) is 5.05. The molecule has 2 aromatic rings. The van der Waals surface area contributed by atoms with E-state index in [1.165, 1.54) is 7.11 Å². The van der Waals surface area contributed by atoms with E-state index in [2.05, 4.69) is 4.74 Å². The number of rotatable bonds is 2. The van der Waals surface area contributed by atoms with E-state index >= 15 is 0 Å². The summed E-state index contributed by atoms with van der Waals surface area (Å²) in [5.41, 5.74) is 6.64. The average Bonchev–Trinajstić information content (AvgIpc) is 2.36. The Morgan fingerprint density at radius 3 is 2.62 bits per heavy atom. The third-order valence-electron chi connectivity index (χ3n) is 2.61. The first-order chi connectivity index (χ1) is 7.74. The Morgan fingerprint density at radius 2 is 1.88 bits per heavy atom. The van der Waals surface area contributed by atoms with Crippen LogP contribution in [0.15, 0.2) is 42.5 Å². The van der Waals surface area contributed by atoms with E-state index in [1.807, 2.05) is 42.5 Å². The van der Waals surface area contributed by atoms with Gasteiger partial charge >= 0.3 is 5.97 Å². The van der Waals surface area contributed by atoms with Crippen molar-refractivity contribution < 1.29 is 9.53 Å². The smallest absolute Gasteiger partial charge is 0.327 e. The molecular weight excluding hydrogens is 202 g/mol. The predicted molar refractivity (Wildman–Crippen MR) is 62.9 cm³/mol. The molecule has 0 saturated carbocycles. The summed E-state index contributed by atoms with van der Waals surface area (Å²) in [5, 5.41) is 2.06. The van der Waals surface area contributed by atoms with Crippen molar-refractivity contribution in [2.45, 2.75) is 6.04 Å². The molecule has 0 radical (unpaired) electrons. The molecule has 0 aromatic heterocycles. The van der Waals surface area contributed by atoms with Crippen LogP contribution in [0.2, 0.25) is 0 Å². The summed E-state index contributed by atoms with van der Waals surface area (Å²) >= 11 is 0. The quantitative estimate of drug-likeness (QED) is 0.780. The highest BCUT2D eigenvalue weighted by molar-refractivity contribution is 5.90. The third kappa shape index (κ3) is 1.77. The van der Waals surface area contributed by atoms with Crippen molar-refractivity contribution in [1.29, 1.82) is 0 Å². The van der Waals surface area contributed by atoms with E-state index in [1.54, 1.807) is 0 Å². The SMILES string of the molecule is COC(=O)[C@@H](N)c1cccc2ccccc12. The minimum atomic E-state index is -0.726. The van der Waals surface area contributed by atoms with Crippen molar-refractivity contribution in [3.05, 3.63) is 48.0 Å². The highest BCUT2D eigenvalue weighted by atomic mass is 16.5. The van der Waals surface area contributed by atoms with Gasteiger partial charge in [-0.1, -0.05) is 42.5 Å². The molecule has 0 fully saturated rings. The van der Waals surface area contributed by atoms with Gasteiger partial charge in [-0.15, -0.1) is 0 Å². The Kier molecular flexibility index (Phi) is 2.88. The zero-order chi connectivity index (χ0) is 11.5. The summed E-state index contributed by atoms with van der Waals surface area (Å²) in [5.74, 6) is -0.420. The summed E-state index contributed by atoms with van der Waals surface area (Å²) < 4.78 is 4.65. The number of carbonyl (C=O) groups is 1. The summed E-state index contributed by atoms with van der Waals surface area (Å²) in [6, 6.07) is 12.8. The zero-order valence-electron chi connectivity index (χ0n) is 9.01. The van der Waals surface area contributed by atoms with Gasteiger partial charge in [-0.05, 0) is 16.3 Å². The van der Waals surface area contributed by atoms with Crippen LogP contribution in [-0.4, -0.2) is 13.1 Å². The van der Waals surface area contributed by atoms with Gasteiger partial charge in [-0.2, -0.15) is 0 Å². The lowest BCUT2D eigenvalue weighted by Crippen LogP contribution is -2.22. The number of benzene rings is 2. The number of ether oxygens (including phenoxy) is 1. The first kappa shape index (κ1) is 10.6. The molecule has 0 saturated heterocycles. The fourth-order valence-corrected chi connectivity index (χ4v) is 1.78. The van der Waals surface area contributed by atoms with Crippen LogP contribution in [0.3, 0.4) is 0 Å². The van der Waals surface area contributed by atoms with Crippen molar-refractivity contribution in [1.82, 2.24) is 0 Å². The lowest BCUT2D eigenvalue weighted by Gasteiger charge is -2.12. The highest BCUT2D eigenvalue weighted by Crippen LogP contribution is 2.23. The number of fused-ring (bicyclic) bond motifs is 1. The Labute approximate surface area is 93.8 Å². The van der Waals surface area contributed by atoms with Crippen LogP contribution in [0.4, 0.5) is 0 Å². The van der Waals surface area contributed by atoms with Gasteiger partial charge in [-0.25, -0.2) is 0 Å². The second-order valence-electron chi connectivity index (χ2n) is 3.57. The van der Waals surface area contributed by atoms with Gasteiger partial charge in [-0.3, -0.25) is 4.79 Å². The van der Waals surface area contributed by atoms with Crippen LogP contribution >= 0.6 is 0 Å². The summed E-state index contributed by atoms with van der Waals surface area (Å²) in [6.45, 7) is 0. The number of nitrogens with two attached hydrogens (primary N) is 1. The Morgan fingerprint density at radius 1 is 1.19 bits per heavy atom. The van der Waals surface area contributed by atoms with Crippen molar-refractivity contribution in [3.8, 4) is 0 Å². The molecule has 0 unspecified atom stereocenters. The monoisotopic (exact) mass is 215 g/mol. The molecule has 16 heavy (non-hydrogen) atoms. The molecule has 3 heteroatoms. The van der Waals surface area contributed by atoms with Crippen LogP contribution in [0, 0.1) is 0 Å². The predicted octanol–water partition coefficient (Wildman–Crippen LogP) is 2.01. The maximum absolute atomic E-state index is 11.4. The number of hydrogen-bond acceptors (Lipinski definition) is 3. The third-order valence-corrected chi connectivity index (χ3v) is 2.61. The van der Waals surface area contributed by atoms with E-state index in [-0.39, 0.29) is 0 Å². The first-order valence-corrected chi connectivity index (χ1v) is 5.05. The van der Waals surface area contributed by atoms with Gasteiger partial charge in [0.05, 0.1) is 7.11 Å². The minimum Gasteiger partial charge on any atom is -0.468 e. The van der Waals surface area contributed by atoms with Gasteiger partial charge in [0.15, 0.2) is 0 Å². The summed E-state index contributed by atoms with van der Waals surface area (Å²) in [6.07, 6.45) is 0. The number of hydrogen-bond donors (Lipinski definition) is 1. The van der Waals surface area contributed by atoms with Crippen LogP contribution < -0.4 is 5.73 Å². The van der Waals surface area contributed by atoms with E-state index in [4.69, 9.17) is 5.73 Å². The molecule has 82 valence electrons. The van der Waals surface area contributed by atoms with E-state index < -0.39 is 12.0 Å². The molecule has 0 amide bonds. The fourth-order valence-electron chi connectivity index (χ4n) is 1.78. The molecule has 2 rings (SSSR count). The number of esters is 1. The van der Waals surface area contributed by atoms with Crippen LogP contribution in [0.5, 0.6) is 0 Å². The summed E-state index contributed by atoms with van der Waals surface area (Å²) in [4.78, 5) is 11.4. The van der Waals surface area contributed by atoms with E-state index in [0.717, 1.165) is 16.3 Å². The van der Waals surface area contributed by atoms with Gasteiger partial charge in [0, 0.05) is 0 Å². The van der Waals surface area contributed by atoms with Crippen LogP contribution in [-0.2, 0) is 9.53 Å². The molecule has 0 spiro atoms. The lowest BCUT2D eigenvalue weighted by molar-refractivity contribution is -0.142. The van der Waals surface area contributed by atoms with E-state index in [9.17, 15) is 4.79 Å². The molecule has 3 nitrogen and oxygen atoms in total. The second kappa shape index (κ2) is 4.33. The minimum absolute atomic E-state index is 0.420. The Balaban J connectivity index is 2.56. The molecule has 2 aromatic carbocycles. The molecule has 0 aliphatic carbocycles. The van der Waals surface area contributed by atoms with Crippen molar-refractivity contribution >= 4 is 16.7 Å². The van der Waals surface area contributed by atoms with Gasteiger partial charge < -0.3 is 10.5 Å². The Hall–Kier alpha value is -1.87. The largest absolute Gasteiger partial charge is 0.468 e. The second-order valence-corrected chi connectivity index (χ2v) is 3.57. The number of methoxy groups -OCH3 is 1. The van der Waals surface area contributed by atoms with Crippen LogP contribution in [0.25, 0.3) is 10.8 Å². The maximum Gasteiger partial charge on any atom is 0.327 e. The van der Waals surface area contributed by atoms with Crippen molar-refractivity contribution in [2.24, 2.45) is 5.73 Å². The molecular formula is C13H13NO2. The molecule has 0 heterocycles. The van der Waals surface area contributed by atoms with Gasteiger partial charge in [0.2, 0.25) is 0 Å². The highest BCUT2D eigenvalue weighted by Gasteiger charge is 2.17. The normalized spacial score (nSPS) is 12.4. The lowest BCUT2D eigenvalue weighted by atomic mass is 9.99. The molecule has 1 atom stereocenters. The maximum atomic E-state index is 11.4. The molecule has 0 bridgehead atoms. The standard InChI is InChI=1S/C13H13NO2/c1-16-13(15)12(14)11-8-4-6-9-5-2-3-7-10(9)11/h2-8,12H,14H2,1H3/t12-/m0/s1.